The first-order valence-electron chi connectivity index (χ1n) is 7.99. The summed E-state index contributed by atoms with van der Waals surface area (Å²) < 4.78 is 0. The second-order valence-corrected chi connectivity index (χ2v) is 5.27. The van der Waals surface area contributed by atoms with Crippen LogP contribution in [0.5, 0.6) is 0 Å². The monoisotopic (exact) mass is 238 g/mol. The molecule has 0 heteroatoms. The van der Waals surface area contributed by atoms with E-state index in [1.807, 2.05) is 11.1 Å². The maximum absolute atomic E-state index is 2.32. The Balaban J connectivity index is 4.53. The highest BCUT2D eigenvalue weighted by Gasteiger charge is 2.06. The van der Waals surface area contributed by atoms with E-state index in [2.05, 4.69) is 27.7 Å². The third-order valence-corrected chi connectivity index (χ3v) is 3.55. The average Bonchev–Trinajstić information content (AvgIpc) is 2.35. The first-order chi connectivity index (χ1) is 8.29. The summed E-state index contributed by atoms with van der Waals surface area (Å²) in [4.78, 5) is 0. The zero-order valence-corrected chi connectivity index (χ0v) is 12.8. The zero-order chi connectivity index (χ0) is 12.9. The summed E-state index contributed by atoms with van der Waals surface area (Å²) in [5.74, 6) is 0. The molecule has 0 aromatic rings. The normalized spacial score (nSPS) is 10.6. The summed E-state index contributed by atoms with van der Waals surface area (Å²) in [5.41, 5.74) is 3.64. The molecule has 0 nitrogen and oxygen atoms in total. The van der Waals surface area contributed by atoms with Crippen molar-refractivity contribution in [1.82, 2.24) is 0 Å². The van der Waals surface area contributed by atoms with Crippen molar-refractivity contribution in [2.45, 2.75) is 98.3 Å². The van der Waals surface area contributed by atoms with Crippen LogP contribution in [0.1, 0.15) is 98.3 Å². The highest BCUT2D eigenvalue weighted by molar-refractivity contribution is 5.14. The molecule has 0 fully saturated rings. The largest absolute Gasteiger partial charge is 0.0710 e. The molecular weight excluding hydrogens is 204 g/mol. The van der Waals surface area contributed by atoms with Crippen molar-refractivity contribution in [1.29, 1.82) is 0 Å². The molecular formula is C17H34. The quantitative estimate of drug-likeness (QED) is 0.353. The van der Waals surface area contributed by atoms with E-state index in [0.717, 1.165) is 0 Å². The molecule has 102 valence electrons. The molecule has 0 aromatic carbocycles. The van der Waals surface area contributed by atoms with Gasteiger partial charge in [-0.1, -0.05) is 64.5 Å². The molecule has 0 radical (unpaired) electrons. The van der Waals surface area contributed by atoms with Crippen LogP contribution in [0.25, 0.3) is 0 Å². The van der Waals surface area contributed by atoms with Gasteiger partial charge in [0.1, 0.15) is 0 Å². The van der Waals surface area contributed by atoms with Crippen LogP contribution in [0.3, 0.4) is 0 Å². The maximum Gasteiger partial charge on any atom is -0.0318 e. The number of hydrogen-bond acceptors (Lipinski definition) is 0. The van der Waals surface area contributed by atoms with Crippen molar-refractivity contribution >= 4 is 0 Å². The van der Waals surface area contributed by atoms with E-state index in [-0.39, 0.29) is 0 Å². The molecule has 0 unspecified atom stereocenters. The van der Waals surface area contributed by atoms with E-state index in [4.69, 9.17) is 0 Å². The van der Waals surface area contributed by atoms with Crippen LogP contribution in [-0.2, 0) is 0 Å². The summed E-state index contributed by atoms with van der Waals surface area (Å²) in [6.45, 7) is 9.25. The van der Waals surface area contributed by atoms with E-state index in [1.54, 1.807) is 0 Å². The minimum absolute atomic E-state index is 1.32. The van der Waals surface area contributed by atoms with Crippen LogP contribution in [0.2, 0.25) is 0 Å². The number of hydrogen-bond donors (Lipinski definition) is 0. The summed E-state index contributed by atoms with van der Waals surface area (Å²) in [6.07, 6.45) is 14.9. The second kappa shape index (κ2) is 12.2. The fraction of sp³-hybridized carbons (Fsp3) is 0.882. The van der Waals surface area contributed by atoms with Crippen LogP contribution >= 0.6 is 0 Å². The molecule has 0 atom stereocenters. The first-order valence-corrected chi connectivity index (χ1v) is 7.99. The van der Waals surface area contributed by atoms with E-state index < -0.39 is 0 Å². The molecule has 0 aliphatic heterocycles. The van der Waals surface area contributed by atoms with Gasteiger partial charge < -0.3 is 0 Å². The first kappa shape index (κ1) is 16.7. The lowest BCUT2D eigenvalue weighted by atomic mass is 9.91. The van der Waals surface area contributed by atoms with Crippen LogP contribution < -0.4 is 0 Å². The van der Waals surface area contributed by atoms with Gasteiger partial charge in [0.25, 0.3) is 0 Å². The molecule has 0 rings (SSSR count). The highest BCUT2D eigenvalue weighted by atomic mass is 14.1. The fourth-order valence-corrected chi connectivity index (χ4v) is 2.43. The smallest absolute Gasteiger partial charge is 0.0318 e. The van der Waals surface area contributed by atoms with Gasteiger partial charge in [-0.15, -0.1) is 0 Å². The lowest BCUT2D eigenvalue weighted by molar-refractivity contribution is 0.666. The average molecular weight is 238 g/mol. The summed E-state index contributed by atoms with van der Waals surface area (Å²) in [5, 5.41) is 0. The van der Waals surface area contributed by atoms with Gasteiger partial charge in [-0.2, -0.15) is 0 Å². The molecule has 0 bridgehead atoms. The third-order valence-electron chi connectivity index (χ3n) is 3.55. The van der Waals surface area contributed by atoms with Crippen LogP contribution in [-0.4, -0.2) is 0 Å². The number of rotatable bonds is 11. The molecule has 0 saturated heterocycles. The van der Waals surface area contributed by atoms with Crippen LogP contribution in [0.4, 0.5) is 0 Å². The van der Waals surface area contributed by atoms with Crippen molar-refractivity contribution in [3.8, 4) is 0 Å². The van der Waals surface area contributed by atoms with Gasteiger partial charge in [0.05, 0.1) is 0 Å². The van der Waals surface area contributed by atoms with Gasteiger partial charge >= 0.3 is 0 Å². The molecule has 0 N–H and O–H groups in total. The van der Waals surface area contributed by atoms with Crippen molar-refractivity contribution in [3.63, 3.8) is 0 Å². The Hall–Kier alpha value is -0.260. The minimum Gasteiger partial charge on any atom is -0.0710 e. The fourth-order valence-electron chi connectivity index (χ4n) is 2.43. The SMILES string of the molecule is CCCCC(CCC)=C(CCCC)CCCC. The Morgan fingerprint density at radius 1 is 0.471 bits per heavy atom. The highest BCUT2D eigenvalue weighted by Crippen LogP contribution is 2.26. The van der Waals surface area contributed by atoms with E-state index in [9.17, 15) is 0 Å². The standard InChI is InChI=1S/C17H34/c1-5-9-13-16(12-8-4)17(14-10-6-2)15-11-7-3/h5-15H2,1-4H3. The lowest BCUT2D eigenvalue weighted by Crippen LogP contribution is -1.95. The summed E-state index contributed by atoms with van der Waals surface area (Å²) in [6, 6.07) is 0. The van der Waals surface area contributed by atoms with Gasteiger partial charge in [-0.25, -0.2) is 0 Å². The van der Waals surface area contributed by atoms with Crippen LogP contribution in [0, 0.1) is 0 Å². The topological polar surface area (TPSA) is 0 Å². The molecule has 0 amide bonds. The van der Waals surface area contributed by atoms with Gasteiger partial charge in [0, 0.05) is 0 Å². The van der Waals surface area contributed by atoms with Crippen molar-refractivity contribution in [3.05, 3.63) is 11.1 Å². The Bertz CT molecular complexity index is 178. The van der Waals surface area contributed by atoms with Gasteiger partial charge in [0.15, 0.2) is 0 Å². The Morgan fingerprint density at radius 3 is 1.12 bits per heavy atom. The molecule has 0 aliphatic carbocycles. The predicted molar refractivity (Wildman–Crippen MR) is 80.5 cm³/mol. The number of allylic oxidation sites excluding steroid dienone is 2. The van der Waals surface area contributed by atoms with Crippen LogP contribution in [0.15, 0.2) is 11.1 Å². The van der Waals surface area contributed by atoms with Crippen molar-refractivity contribution in [2.75, 3.05) is 0 Å². The molecule has 0 heterocycles. The Kier molecular flexibility index (Phi) is 12.0. The van der Waals surface area contributed by atoms with E-state index in [0.29, 0.717) is 0 Å². The third kappa shape index (κ3) is 8.46. The van der Waals surface area contributed by atoms with Gasteiger partial charge in [-0.05, 0) is 44.9 Å². The Labute approximate surface area is 110 Å². The summed E-state index contributed by atoms with van der Waals surface area (Å²) >= 11 is 0. The predicted octanol–water partition coefficient (Wildman–Crippen LogP) is 6.65. The van der Waals surface area contributed by atoms with Crippen molar-refractivity contribution in [2.24, 2.45) is 0 Å². The van der Waals surface area contributed by atoms with E-state index >= 15 is 0 Å². The second-order valence-electron chi connectivity index (χ2n) is 5.27. The van der Waals surface area contributed by atoms with E-state index in [1.165, 1.54) is 70.6 Å². The molecule has 0 saturated carbocycles. The number of unbranched alkanes of at least 4 members (excludes halogenated alkanes) is 3. The molecule has 0 aromatic heterocycles. The van der Waals surface area contributed by atoms with Gasteiger partial charge in [0.2, 0.25) is 0 Å². The lowest BCUT2D eigenvalue weighted by Gasteiger charge is -2.15. The molecule has 0 aliphatic rings. The maximum atomic E-state index is 2.32. The summed E-state index contributed by atoms with van der Waals surface area (Å²) in [7, 11) is 0. The zero-order valence-electron chi connectivity index (χ0n) is 12.8. The van der Waals surface area contributed by atoms with Gasteiger partial charge in [-0.3, -0.25) is 0 Å². The minimum atomic E-state index is 1.32. The van der Waals surface area contributed by atoms with Crippen molar-refractivity contribution < 1.29 is 0 Å². The molecule has 0 spiro atoms. The molecule has 17 heavy (non-hydrogen) atoms. The Morgan fingerprint density at radius 2 is 0.824 bits per heavy atom.